The third-order valence-corrected chi connectivity index (χ3v) is 12.8. The molecule has 6 rings (SSSR count). The fourth-order valence-corrected chi connectivity index (χ4v) is 9.02. The van der Waals surface area contributed by atoms with Crippen molar-refractivity contribution in [2.45, 2.75) is 108 Å². The fraction of sp³-hybridized carbons (Fsp3) is 0.519. The van der Waals surface area contributed by atoms with Gasteiger partial charge >= 0.3 is 6.03 Å². The smallest absolute Gasteiger partial charge is 0.317 e. The normalized spacial score (nSPS) is 13.7. The van der Waals surface area contributed by atoms with E-state index in [4.69, 9.17) is 15.2 Å². The fourth-order valence-electron chi connectivity index (χ4n) is 9.02. The van der Waals surface area contributed by atoms with Crippen LogP contribution in [-0.4, -0.2) is 123 Å². The first-order valence-electron chi connectivity index (χ1n) is 24.6. The molecule has 15 heteroatoms. The Morgan fingerprint density at radius 3 is 1.57 bits per heavy atom. The lowest BCUT2D eigenvalue weighted by Crippen LogP contribution is -2.43. The molecule has 1 aliphatic heterocycles. The van der Waals surface area contributed by atoms with Gasteiger partial charge in [-0.05, 0) is 151 Å². The Morgan fingerprint density at radius 2 is 1.14 bits per heavy atom. The predicted molar refractivity (Wildman–Crippen MR) is 274 cm³/mol. The van der Waals surface area contributed by atoms with Crippen LogP contribution in [0.25, 0.3) is 22.5 Å². The molecule has 3 aromatic heterocycles. The Bertz CT molecular complexity index is 2430. The molecule has 69 heavy (non-hydrogen) atoms. The number of H-pyrrole nitrogens is 2. The number of hydrogen-bond donors (Lipinski definition) is 4. The summed E-state index contributed by atoms with van der Waals surface area (Å²) in [6, 6.07) is 16.7. The Morgan fingerprint density at radius 1 is 0.710 bits per heavy atom. The molecule has 0 radical (unpaired) electrons. The van der Waals surface area contributed by atoms with Gasteiger partial charge in [-0.15, -0.1) is 10.2 Å². The van der Waals surface area contributed by atoms with Crippen LogP contribution in [0.4, 0.5) is 4.79 Å². The molecule has 1 fully saturated rings. The molecule has 5 aromatic rings. The Kier molecular flexibility index (Phi) is 19.0. The van der Waals surface area contributed by atoms with E-state index in [2.05, 4.69) is 94.8 Å². The first-order valence-corrected chi connectivity index (χ1v) is 24.6. The second-order valence-electron chi connectivity index (χ2n) is 19.6. The number of aromatic amines is 2. The molecular formula is C54H78N10O5. The van der Waals surface area contributed by atoms with E-state index in [1.165, 1.54) is 16.7 Å². The largest absolute Gasteiger partial charge is 0.475 e. The van der Waals surface area contributed by atoms with Crippen molar-refractivity contribution in [2.75, 3.05) is 65.6 Å². The number of pyridine rings is 1. The number of carbonyl (C=O) groups is 3. The average Bonchev–Trinajstić information content (AvgIpc) is 4.08. The van der Waals surface area contributed by atoms with Crippen molar-refractivity contribution in [3.8, 4) is 34.3 Å². The van der Waals surface area contributed by atoms with Crippen molar-refractivity contribution in [1.29, 1.82) is 0 Å². The van der Waals surface area contributed by atoms with E-state index in [1.54, 1.807) is 12.4 Å². The number of aryl methyl sites for hydroxylation is 4. The number of carbonyl (C=O) groups excluding carboxylic acids is 3. The summed E-state index contributed by atoms with van der Waals surface area (Å²) >= 11 is 0. The summed E-state index contributed by atoms with van der Waals surface area (Å²) in [7, 11) is 0. The Hall–Kier alpha value is -6.22. The van der Waals surface area contributed by atoms with Gasteiger partial charge in [0.15, 0.2) is 0 Å². The van der Waals surface area contributed by atoms with Crippen LogP contribution < -0.4 is 20.5 Å². The van der Waals surface area contributed by atoms with Gasteiger partial charge in [-0.25, -0.2) is 4.79 Å². The SMILES string of the molecule is CCN(CC)C(=O)C(C)(C)COc1n[nH]c(-c2cc(C)cc(C)c2)c1CCN.CCN(CC)C(=O)C(C)(C)COc1n[nH]c(-c2cc(C)cc(C)c2)c1CCNC(=O)N1CCC(c2ccncc2)C1. The molecule has 1 saturated heterocycles. The van der Waals surface area contributed by atoms with Gasteiger partial charge in [-0.1, -0.05) is 34.4 Å². The Balaban J connectivity index is 0.000000277. The van der Waals surface area contributed by atoms with Crippen LogP contribution in [-0.2, 0) is 22.4 Å². The summed E-state index contributed by atoms with van der Waals surface area (Å²) in [5.41, 5.74) is 16.1. The van der Waals surface area contributed by atoms with Gasteiger partial charge in [0.05, 0.1) is 22.2 Å². The van der Waals surface area contributed by atoms with Gasteiger partial charge in [0.1, 0.15) is 13.2 Å². The Labute approximate surface area is 410 Å². The molecule has 1 unspecified atom stereocenters. The first-order chi connectivity index (χ1) is 32.9. The van der Waals surface area contributed by atoms with Crippen LogP contribution in [0.5, 0.6) is 11.8 Å². The van der Waals surface area contributed by atoms with Crippen LogP contribution in [0.15, 0.2) is 60.9 Å². The molecule has 2 aromatic carbocycles. The minimum Gasteiger partial charge on any atom is -0.475 e. The summed E-state index contributed by atoms with van der Waals surface area (Å²) < 4.78 is 12.3. The number of nitrogens with one attached hydrogen (secondary N) is 3. The predicted octanol–water partition coefficient (Wildman–Crippen LogP) is 8.57. The summed E-state index contributed by atoms with van der Waals surface area (Å²) in [5, 5.41) is 18.3. The number of ether oxygens (including phenoxy) is 2. The van der Waals surface area contributed by atoms with Gasteiger partial charge < -0.3 is 35.2 Å². The maximum absolute atomic E-state index is 13.1. The molecule has 4 amide bonds. The molecule has 0 aliphatic carbocycles. The van der Waals surface area contributed by atoms with Crippen LogP contribution in [0, 0.1) is 38.5 Å². The third-order valence-electron chi connectivity index (χ3n) is 12.8. The molecule has 374 valence electrons. The minimum absolute atomic E-state index is 0.0528. The number of nitrogens with zero attached hydrogens (tertiary/aromatic N) is 6. The number of aromatic nitrogens is 5. The monoisotopic (exact) mass is 947 g/mol. The van der Waals surface area contributed by atoms with E-state index in [9.17, 15) is 14.4 Å². The van der Waals surface area contributed by atoms with Crippen LogP contribution in [0.2, 0.25) is 0 Å². The highest BCUT2D eigenvalue weighted by atomic mass is 16.5. The second-order valence-corrected chi connectivity index (χ2v) is 19.6. The van der Waals surface area contributed by atoms with Crippen molar-refractivity contribution >= 4 is 17.8 Å². The number of hydrogen-bond acceptors (Lipinski definition) is 9. The van der Waals surface area contributed by atoms with Crippen LogP contribution >= 0.6 is 0 Å². The molecule has 0 spiro atoms. The summed E-state index contributed by atoms with van der Waals surface area (Å²) in [5.74, 6) is 1.46. The first kappa shape index (κ1) is 53.7. The number of nitrogens with two attached hydrogens (primary N) is 1. The van der Waals surface area contributed by atoms with E-state index in [0.717, 1.165) is 57.7 Å². The third kappa shape index (κ3) is 14.0. The average molecular weight is 947 g/mol. The molecule has 1 atom stereocenters. The number of likely N-dealkylation sites (tertiary alicyclic amines) is 1. The van der Waals surface area contributed by atoms with Crippen molar-refractivity contribution < 1.29 is 23.9 Å². The molecule has 15 nitrogen and oxygen atoms in total. The van der Waals surface area contributed by atoms with Gasteiger partial charge in [-0.2, -0.15) is 0 Å². The maximum atomic E-state index is 13.1. The molecule has 0 saturated carbocycles. The zero-order valence-corrected chi connectivity index (χ0v) is 43.3. The van der Waals surface area contributed by atoms with Crippen molar-refractivity contribution in [3.05, 3.63) is 99.9 Å². The molecule has 4 heterocycles. The highest BCUT2D eigenvalue weighted by Crippen LogP contribution is 2.34. The molecular weight excluding hydrogens is 869 g/mol. The second kappa shape index (κ2) is 24.4. The van der Waals surface area contributed by atoms with E-state index in [-0.39, 0.29) is 31.1 Å². The standard InChI is InChI=1S/C32H44N6O3.C22H34N4O2/c1-7-37(8-2)30(39)32(5,6)21-41-29-27(28(35-36-29)26-18-22(3)17-23(4)19-26)11-15-34-31(40)38-16-12-25(20-38)24-9-13-33-14-10-24;1-7-26(8-2)21(27)22(5,6)14-28-20-18(9-10-23)19(24-25-20)17-12-15(3)11-16(4)13-17/h9-10,13-14,17-19,25H,7-8,11-12,15-16,20-21H2,1-6H3,(H,34,40)(H,35,36);11-13H,7-10,14,23H2,1-6H3,(H,24,25). The van der Waals surface area contributed by atoms with Crippen LogP contribution in [0.1, 0.15) is 107 Å². The van der Waals surface area contributed by atoms with Crippen LogP contribution in [0.3, 0.4) is 0 Å². The van der Waals surface area contributed by atoms with Crippen molar-refractivity contribution in [3.63, 3.8) is 0 Å². The molecule has 1 aliphatic rings. The number of rotatable bonds is 20. The number of benzene rings is 2. The highest BCUT2D eigenvalue weighted by molar-refractivity contribution is 5.83. The van der Waals surface area contributed by atoms with E-state index < -0.39 is 10.8 Å². The van der Waals surface area contributed by atoms with Gasteiger partial charge in [0, 0.05) is 86.4 Å². The van der Waals surface area contributed by atoms with Gasteiger partial charge in [-0.3, -0.25) is 24.8 Å². The number of amides is 4. The maximum Gasteiger partial charge on any atom is 0.317 e. The van der Waals surface area contributed by atoms with Crippen molar-refractivity contribution in [1.82, 2.24) is 45.4 Å². The topological polar surface area (TPSA) is 188 Å². The number of urea groups is 1. The zero-order chi connectivity index (χ0) is 50.5. The quantitative estimate of drug-likeness (QED) is 0.0593. The minimum atomic E-state index is -0.711. The van der Waals surface area contributed by atoms with E-state index in [1.807, 2.05) is 82.2 Å². The highest BCUT2D eigenvalue weighted by Gasteiger charge is 2.34. The van der Waals surface area contributed by atoms with Gasteiger partial charge in [0.25, 0.3) is 0 Å². The lowest BCUT2D eigenvalue weighted by Gasteiger charge is -2.30. The lowest BCUT2D eigenvalue weighted by atomic mass is 9.92. The summed E-state index contributed by atoms with van der Waals surface area (Å²) in [4.78, 5) is 48.5. The zero-order valence-electron chi connectivity index (χ0n) is 43.3. The van der Waals surface area contributed by atoms with E-state index in [0.29, 0.717) is 76.3 Å². The molecule has 0 bridgehead atoms. The molecule has 5 N–H and O–H groups in total. The van der Waals surface area contributed by atoms with Crippen molar-refractivity contribution in [2.24, 2.45) is 16.6 Å². The summed E-state index contributed by atoms with van der Waals surface area (Å²) in [6.07, 6.45) is 5.73. The lowest BCUT2D eigenvalue weighted by molar-refractivity contribution is -0.142. The van der Waals surface area contributed by atoms with E-state index >= 15 is 0 Å². The van der Waals surface area contributed by atoms with Gasteiger partial charge in [0.2, 0.25) is 23.6 Å². The summed E-state index contributed by atoms with van der Waals surface area (Å²) in [6.45, 7) is 29.4.